The molecule has 0 spiro atoms. The van der Waals surface area contributed by atoms with Gasteiger partial charge in [-0.3, -0.25) is 4.79 Å². The van der Waals surface area contributed by atoms with E-state index in [2.05, 4.69) is 33.0 Å². The molecule has 1 N–H and O–H groups in total. The molecule has 0 bridgehead atoms. The molecule has 1 amide bonds. The number of hydrogen-bond donors (Lipinski definition) is 1. The zero-order valence-electron chi connectivity index (χ0n) is 11.7. The maximum absolute atomic E-state index is 11.9. The van der Waals surface area contributed by atoms with E-state index in [0.717, 1.165) is 6.54 Å². The Labute approximate surface area is 101 Å². The topological polar surface area (TPSA) is 32.3 Å². The summed E-state index contributed by atoms with van der Waals surface area (Å²) in [6, 6.07) is -0.0469. The van der Waals surface area contributed by atoms with Crippen LogP contribution < -0.4 is 5.32 Å². The normalized spacial score (nSPS) is 14.9. The average molecular weight is 228 g/mol. The van der Waals surface area contributed by atoms with E-state index < -0.39 is 0 Å². The summed E-state index contributed by atoms with van der Waals surface area (Å²) in [5, 5.41) is 3.39. The monoisotopic (exact) mass is 228 g/mol. The standard InChI is InChI=1S/C13H28N2O/c1-7-8-11(4)9-14-12(10(2)3)13(16)15(5)6/h10-12,14H,7-9H2,1-6H3. The van der Waals surface area contributed by atoms with Crippen LogP contribution in [0.15, 0.2) is 0 Å². The summed E-state index contributed by atoms with van der Waals surface area (Å²) in [6.45, 7) is 9.53. The summed E-state index contributed by atoms with van der Waals surface area (Å²) in [5.74, 6) is 1.16. The van der Waals surface area contributed by atoms with E-state index in [9.17, 15) is 4.79 Å². The van der Waals surface area contributed by atoms with Gasteiger partial charge in [-0.2, -0.15) is 0 Å². The summed E-state index contributed by atoms with van der Waals surface area (Å²) in [5.41, 5.74) is 0. The fourth-order valence-electron chi connectivity index (χ4n) is 1.81. The molecule has 2 atom stereocenters. The third kappa shape index (κ3) is 5.50. The SMILES string of the molecule is CCCC(C)CNC(C(=O)N(C)C)C(C)C. The summed E-state index contributed by atoms with van der Waals surface area (Å²) < 4.78 is 0. The van der Waals surface area contributed by atoms with Gasteiger partial charge in [0, 0.05) is 14.1 Å². The van der Waals surface area contributed by atoms with Gasteiger partial charge >= 0.3 is 0 Å². The Kier molecular flexibility index (Phi) is 7.39. The van der Waals surface area contributed by atoms with Crippen molar-refractivity contribution in [3.05, 3.63) is 0 Å². The van der Waals surface area contributed by atoms with Gasteiger partial charge in [-0.05, 0) is 24.8 Å². The largest absolute Gasteiger partial charge is 0.347 e. The predicted octanol–water partition coefficient (Wildman–Crippen LogP) is 2.12. The van der Waals surface area contributed by atoms with Crippen molar-refractivity contribution in [2.45, 2.75) is 46.6 Å². The van der Waals surface area contributed by atoms with E-state index in [-0.39, 0.29) is 11.9 Å². The first-order valence-electron chi connectivity index (χ1n) is 6.34. The Balaban J connectivity index is 4.19. The number of rotatable bonds is 7. The van der Waals surface area contributed by atoms with E-state index in [0.29, 0.717) is 11.8 Å². The Morgan fingerprint density at radius 3 is 2.19 bits per heavy atom. The molecule has 0 aliphatic rings. The van der Waals surface area contributed by atoms with Crippen LogP contribution in [0.1, 0.15) is 40.5 Å². The second kappa shape index (κ2) is 7.66. The van der Waals surface area contributed by atoms with Crippen LogP contribution in [0.3, 0.4) is 0 Å². The molecule has 0 radical (unpaired) electrons. The molecule has 0 aromatic rings. The molecule has 0 heterocycles. The minimum atomic E-state index is -0.0469. The van der Waals surface area contributed by atoms with Crippen molar-refractivity contribution in [2.75, 3.05) is 20.6 Å². The molecular weight excluding hydrogens is 200 g/mol. The molecule has 0 fully saturated rings. The van der Waals surface area contributed by atoms with Crippen molar-refractivity contribution in [3.8, 4) is 0 Å². The molecule has 0 saturated heterocycles. The van der Waals surface area contributed by atoms with Gasteiger partial charge in [0.05, 0.1) is 6.04 Å². The summed E-state index contributed by atoms with van der Waals surface area (Å²) in [6.07, 6.45) is 2.42. The smallest absolute Gasteiger partial charge is 0.239 e. The van der Waals surface area contributed by atoms with Crippen LogP contribution in [0.25, 0.3) is 0 Å². The van der Waals surface area contributed by atoms with Crippen LogP contribution in [0.2, 0.25) is 0 Å². The number of nitrogens with zero attached hydrogens (tertiary/aromatic N) is 1. The van der Waals surface area contributed by atoms with E-state index in [1.807, 2.05) is 14.1 Å². The predicted molar refractivity (Wildman–Crippen MR) is 69.4 cm³/mol. The highest BCUT2D eigenvalue weighted by atomic mass is 16.2. The summed E-state index contributed by atoms with van der Waals surface area (Å²) in [4.78, 5) is 13.6. The highest BCUT2D eigenvalue weighted by molar-refractivity contribution is 5.81. The zero-order valence-corrected chi connectivity index (χ0v) is 11.7. The fourth-order valence-corrected chi connectivity index (χ4v) is 1.81. The molecule has 2 unspecified atom stereocenters. The molecule has 0 aromatic carbocycles. The highest BCUT2D eigenvalue weighted by Gasteiger charge is 2.23. The number of carbonyl (C=O) groups is 1. The van der Waals surface area contributed by atoms with Crippen molar-refractivity contribution in [1.82, 2.24) is 10.2 Å². The lowest BCUT2D eigenvalue weighted by molar-refractivity contribution is -0.132. The summed E-state index contributed by atoms with van der Waals surface area (Å²) >= 11 is 0. The molecule has 3 heteroatoms. The number of amides is 1. The van der Waals surface area contributed by atoms with Gasteiger partial charge in [0.15, 0.2) is 0 Å². The average Bonchev–Trinajstić information content (AvgIpc) is 2.17. The Morgan fingerprint density at radius 1 is 1.25 bits per heavy atom. The first kappa shape index (κ1) is 15.4. The molecule has 0 rings (SSSR count). The van der Waals surface area contributed by atoms with Crippen LogP contribution in [0.4, 0.5) is 0 Å². The van der Waals surface area contributed by atoms with Crippen molar-refractivity contribution < 1.29 is 4.79 Å². The lowest BCUT2D eigenvalue weighted by atomic mass is 10.0. The van der Waals surface area contributed by atoms with E-state index in [1.165, 1.54) is 12.8 Å². The van der Waals surface area contributed by atoms with Gasteiger partial charge in [-0.25, -0.2) is 0 Å². The van der Waals surface area contributed by atoms with Crippen molar-refractivity contribution in [2.24, 2.45) is 11.8 Å². The van der Waals surface area contributed by atoms with Crippen LogP contribution in [0, 0.1) is 11.8 Å². The second-order valence-corrected chi connectivity index (χ2v) is 5.26. The highest BCUT2D eigenvalue weighted by Crippen LogP contribution is 2.08. The molecule has 0 aliphatic heterocycles. The number of hydrogen-bond acceptors (Lipinski definition) is 2. The molecule has 96 valence electrons. The molecule has 0 saturated carbocycles. The van der Waals surface area contributed by atoms with Crippen LogP contribution in [0.5, 0.6) is 0 Å². The molecular formula is C13H28N2O. The first-order valence-corrected chi connectivity index (χ1v) is 6.34. The molecule has 0 aromatic heterocycles. The third-order valence-electron chi connectivity index (χ3n) is 2.84. The Morgan fingerprint density at radius 2 is 1.81 bits per heavy atom. The lowest BCUT2D eigenvalue weighted by Gasteiger charge is -2.26. The van der Waals surface area contributed by atoms with Gasteiger partial charge in [0.2, 0.25) is 5.91 Å². The Hall–Kier alpha value is -0.570. The lowest BCUT2D eigenvalue weighted by Crippen LogP contribution is -2.48. The minimum absolute atomic E-state index is 0.0469. The van der Waals surface area contributed by atoms with Crippen LogP contribution in [-0.4, -0.2) is 37.5 Å². The van der Waals surface area contributed by atoms with Gasteiger partial charge in [-0.15, -0.1) is 0 Å². The van der Waals surface area contributed by atoms with Gasteiger partial charge in [-0.1, -0.05) is 34.1 Å². The first-order chi connectivity index (χ1) is 7.40. The maximum atomic E-state index is 11.9. The van der Waals surface area contributed by atoms with E-state index in [1.54, 1.807) is 4.90 Å². The van der Waals surface area contributed by atoms with Gasteiger partial charge in [0.1, 0.15) is 0 Å². The maximum Gasteiger partial charge on any atom is 0.239 e. The molecule has 0 aliphatic carbocycles. The third-order valence-corrected chi connectivity index (χ3v) is 2.84. The minimum Gasteiger partial charge on any atom is -0.347 e. The van der Waals surface area contributed by atoms with Gasteiger partial charge < -0.3 is 10.2 Å². The Bertz CT molecular complexity index is 202. The zero-order chi connectivity index (χ0) is 12.7. The van der Waals surface area contributed by atoms with Gasteiger partial charge in [0.25, 0.3) is 0 Å². The van der Waals surface area contributed by atoms with Crippen molar-refractivity contribution in [3.63, 3.8) is 0 Å². The van der Waals surface area contributed by atoms with Crippen molar-refractivity contribution >= 4 is 5.91 Å². The second-order valence-electron chi connectivity index (χ2n) is 5.26. The molecule has 3 nitrogen and oxygen atoms in total. The number of nitrogens with one attached hydrogen (secondary N) is 1. The van der Waals surface area contributed by atoms with E-state index >= 15 is 0 Å². The van der Waals surface area contributed by atoms with Crippen LogP contribution >= 0.6 is 0 Å². The number of carbonyl (C=O) groups excluding carboxylic acids is 1. The van der Waals surface area contributed by atoms with Crippen molar-refractivity contribution in [1.29, 1.82) is 0 Å². The fraction of sp³-hybridized carbons (Fsp3) is 0.923. The molecule has 16 heavy (non-hydrogen) atoms. The quantitative estimate of drug-likeness (QED) is 0.724. The summed E-state index contributed by atoms with van der Waals surface area (Å²) in [7, 11) is 3.63. The number of likely N-dealkylation sites (N-methyl/N-ethyl adjacent to an activating group) is 1. The van der Waals surface area contributed by atoms with E-state index in [4.69, 9.17) is 0 Å². The van der Waals surface area contributed by atoms with Crippen LogP contribution in [-0.2, 0) is 4.79 Å².